The van der Waals surface area contributed by atoms with Crippen molar-refractivity contribution in [2.45, 2.75) is 33.1 Å². The third kappa shape index (κ3) is 4.83. The quantitative estimate of drug-likeness (QED) is 0.854. The van der Waals surface area contributed by atoms with Gasteiger partial charge in [-0.15, -0.1) is 10.2 Å². The predicted octanol–water partition coefficient (Wildman–Crippen LogP) is 3.73. The van der Waals surface area contributed by atoms with Crippen LogP contribution < -0.4 is 14.8 Å². The highest BCUT2D eigenvalue weighted by atomic mass is 35.5. The smallest absolute Gasteiger partial charge is 0.230 e. The number of nitrogens with zero attached hydrogens (tertiary/aromatic N) is 2. The molecule has 1 aliphatic heterocycles. The number of amides is 1. The maximum atomic E-state index is 12.3. The number of anilines is 1. The van der Waals surface area contributed by atoms with Crippen LogP contribution in [0.2, 0.25) is 5.02 Å². The van der Waals surface area contributed by atoms with Crippen molar-refractivity contribution >= 4 is 34.0 Å². The molecule has 2 heterocycles. The summed E-state index contributed by atoms with van der Waals surface area (Å²) < 4.78 is 11.2. The van der Waals surface area contributed by atoms with Gasteiger partial charge in [-0.1, -0.05) is 36.8 Å². The number of halogens is 1. The Morgan fingerprint density at radius 3 is 2.92 bits per heavy atom. The van der Waals surface area contributed by atoms with Crippen molar-refractivity contribution in [2.75, 3.05) is 18.5 Å². The highest BCUT2D eigenvalue weighted by Crippen LogP contribution is 2.38. The Labute approximate surface area is 155 Å². The molecule has 134 valence electrons. The van der Waals surface area contributed by atoms with E-state index in [1.54, 1.807) is 12.1 Å². The van der Waals surface area contributed by atoms with Crippen LogP contribution in [0.15, 0.2) is 12.1 Å². The molecule has 0 bridgehead atoms. The number of ether oxygens (including phenoxy) is 2. The molecule has 0 saturated heterocycles. The van der Waals surface area contributed by atoms with Gasteiger partial charge in [0.1, 0.15) is 5.01 Å². The largest absolute Gasteiger partial charge is 0.489 e. The Morgan fingerprint density at radius 2 is 2.12 bits per heavy atom. The molecule has 25 heavy (non-hydrogen) atoms. The van der Waals surface area contributed by atoms with Crippen molar-refractivity contribution in [2.24, 2.45) is 5.92 Å². The van der Waals surface area contributed by atoms with E-state index in [-0.39, 0.29) is 12.3 Å². The van der Waals surface area contributed by atoms with Gasteiger partial charge in [0.25, 0.3) is 0 Å². The Bertz CT molecular complexity index is 764. The van der Waals surface area contributed by atoms with E-state index in [0.29, 0.717) is 40.8 Å². The monoisotopic (exact) mass is 381 g/mol. The molecule has 1 amide bonds. The fourth-order valence-corrected chi connectivity index (χ4v) is 3.73. The summed E-state index contributed by atoms with van der Waals surface area (Å²) in [4.78, 5) is 12.3. The van der Waals surface area contributed by atoms with Gasteiger partial charge in [0.2, 0.25) is 11.0 Å². The summed E-state index contributed by atoms with van der Waals surface area (Å²) in [6, 6.07) is 3.54. The van der Waals surface area contributed by atoms with Crippen LogP contribution in [0.3, 0.4) is 0 Å². The van der Waals surface area contributed by atoms with Gasteiger partial charge in [0.15, 0.2) is 11.5 Å². The van der Waals surface area contributed by atoms with Gasteiger partial charge in [0, 0.05) is 12.8 Å². The zero-order valence-corrected chi connectivity index (χ0v) is 15.7. The Kier molecular flexibility index (Phi) is 5.75. The first-order valence-corrected chi connectivity index (χ1v) is 9.41. The number of fused-ring (bicyclic) bond motifs is 1. The van der Waals surface area contributed by atoms with E-state index in [9.17, 15) is 4.79 Å². The number of rotatable bonds is 5. The van der Waals surface area contributed by atoms with Gasteiger partial charge in [-0.25, -0.2) is 0 Å². The Morgan fingerprint density at radius 1 is 1.32 bits per heavy atom. The number of nitrogens with one attached hydrogen (secondary N) is 1. The standard InChI is InChI=1S/C17H20ClN3O3S/c1-10(2)6-15-20-21-17(25-15)19-14(22)9-11-7-12(18)16-13(8-11)23-4-3-5-24-16/h7-8,10H,3-6,9H2,1-2H3,(H,19,21,22). The first-order valence-electron chi connectivity index (χ1n) is 8.21. The van der Waals surface area contributed by atoms with Gasteiger partial charge in [-0.2, -0.15) is 0 Å². The lowest BCUT2D eigenvalue weighted by Gasteiger charge is -2.11. The second kappa shape index (κ2) is 8.01. The van der Waals surface area contributed by atoms with Gasteiger partial charge in [-0.05, 0) is 23.6 Å². The molecule has 0 atom stereocenters. The van der Waals surface area contributed by atoms with Crippen LogP contribution in [0.5, 0.6) is 11.5 Å². The molecule has 1 N–H and O–H groups in total. The normalized spacial score (nSPS) is 13.6. The van der Waals surface area contributed by atoms with E-state index in [4.69, 9.17) is 21.1 Å². The lowest BCUT2D eigenvalue weighted by molar-refractivity contribution is -0.115. The lowest BCUT2D eigenvalue weighted by Crippen LogP contribution is -2.14. The van der Waals surface area contributed by atoms with Gasteiger partial charge < -0.3 is 14.8 Å². The highest BCUT2D eigenvalue weighted by molar-refractivity contribution is 7.15. The molecule has 0 spiro atoms. The summed E-state index contributed by atoms with van der Waals surface area (Å²) in [6.07, 6.45) is 1.83. The van der Waals surface area contributed by atoms with Crippen molar-refractivity contribution in [3.05, 3.63) is 27.7 Å². The molecule has 3 rings (SSSR count). The molecule has 1 aromatic heterocycles. The fourth-order valence-electron chi connectivity index (χ4n) is 2.47. The minimum Gasteiger partial charge on any atom is -0.489 e. The van der Waals surface area contributed by atoms with Gasteiger partial charge >= 0.3 is 0 Å². The van der Waals surface area contributed by atoms with Crippen LogP contribution in [0.25, 0.3) is 0 Å². The molecule has 6 nitrogen and oxygen atoms in total. The van der Waals surface area contributed by atoms with Gasteiger partial charge in [-0.3, -0.25) is 4.79 Å². The second-order valence-electron chi connectivity index (χ2n) is 6.28. The van der Waals surface area contributed by atoms with E-state index in [1.807, 2.05) is 0 Å². The van der Waals surface area contributed by atoms with Gasteiger partial charge in [0.05, 0.1) is 24.7 Å². The predicted molar refractivity (Wildman–Crippen MR) is 97.8 cm³/mol. The number of aromatic nitrogens is 2. The maximum absolute atomic E-state index is 12.3. The molecule has 0 aliphatic carbocycles. The van der Waals surface area contributed by atoms with Crippen molar-refractivity contribution in [3.8, 4) is 11.5 Å². The molecule has 0 radical (unpaired) electrons. The molecular weight excluding hydrogens is 362 g/mol. The molecule has 0 saturated carbocycles. The first kappa shape index (κ1) is 17.9. The van der Waals surface area contributed by atoms with Crippen LogP contribution in [0, 0.1) is 5.92 Å². The number of hydrogen-bond acceptors (Lipinski definition) is 6. The summed E-state index contributed by atoms with van der Waals surface area (Å²) in [5.74, 6) is 1.46. The van der Waals surface area contributed by atoms with E-state index < -0.39 is 0 Å². The molecule has 8 heteroatoms. The zero-order chi connectivity index (χ0) is 17.8. The lowest BCUT2D eigenvalue weighted by atomic mass is 10.1. The number of benzene rings is 1. The fraction of sp³-hybridized carbons (Fsp3) is 0.471. The number of hydrogen-bond donors (Lipinski definition) is 1. The summed E-state index contributed by atoms with van der Waals surface area (Å²) >= 11 is 7.66. The van der Waals surface area contributed by atoms with E-state index >= 15 is 0 Å². The topological polar surface area (TPSA) is 73.3 Å². The molecule has 1 aromatic carbocycles. The molecule has 0 unspecified atom stereocenters. The average molecular weight is 382 g/mol. The minimum absolute atomic E-state index is 0.169. The highest BCUT2D eigenvalue weighted by Gasteiger charge is 2.17. The summed E-state index contributed by atoms with van der Waals surface area (Å²) in [5.41, 5.74) is 0.763. The van der Waals surface area contributed by atoms with Crippen molar-refractivity contribution in [3.63, 3.8) is 0 Å². The first-order chi connectivity index (χ1) is 12.0. The van der Waals surface area contributed by atoms with Crippen LogP contribution in [-0.2, 0) is 17.6 Å². The average Bonchev–Trinajstić information content (AvgIpc) is 2.81. The van der Waals surface area contributed by atoms with Crippen molar-refractivity contribution in [1.82, 2.24) is 10.2 Å². The van der Waals surface area contributed by atoms with Crippen molar-refractivity contribution in [1.29, 1.82) is 0 Å². The molecule has 2 aromatic rings. The number of carbonyl (C=O) groups excluding carboxylic acids is 1. The zero-order valence-electron chi connectivity index (χ0n) is 14.2. The third-order valence-electron chi connectivity index (χ3n) is 3.52. The van der Waals surface area contributed by atoms with Crippen LogP contribution in [-0.4, -0.2) is 29.3 Å². The molecule has 0 fully saturated rings. The minimum atomic E-state index is -0.169. The number of carbonyl (C=O) groups is 1. The Hall–Kier alpha value is -1.86. The van der Waals surface area contributed by atoms with Crippen LogP contribution >= 0.6 is 22.9 Å². The van der Waals surface area contributed by atoms with Crippen LogP contribution in [0.4, 0.5) is 5.13 Å². The van der Waals surface area contributed by atoms with Crippen LogP contribution in [0.1, 0.15) is 30.8 Å². The van der Waals surface area contributed by atoms with E-state index in [2.05, 4.69) is 29.4 Å². The van der Waals surface area contributed by atoms with E-state index in [1.165, 1.54) is 11.3 Å². The Balaban J connectivity index is 1.65. The van der Waals surface area contributed by atoms with E-state index in [0.717, 1.165) is 23.4 Å². The summed E-state index contributed by atoms with van der Waals surface area (Å²) in [5, 5.41) is 12.8. The summed E-state index contributed by atoms with van der Waals surface area (Å²) in [7, 11) is 0. The maximum Gasteiger partial charge on any atom is 0.230 e. The second-order valence-corrected chi connectivity index (χ2v) is 7.75. The summed E-state index contributed by atoms with van der Waals surface area (Å²) in [6.45, 7) is 5.38. The molecular formula is C17H20ClN3O3S. The van der Waals surface area contributed by atoms with Crippen molar-refractivity contribution < 1.29 is 14.3 Å². The third-order valence-corrected chi connectivity index (χ3v) is 4.66. The SMILES string of the molecule is CC(C)Cc1nnc(NC(=O)Cc2cc(Cl)c3c(c2)OCCCO3)s1. The molecule has 1 aliphatic rings.